The van der Waals surface area contributed by atoms with Crippen molar-refractivity contribution >= 4 is 26.8 Å². The van der Waals surface area contributed by atoms with Gasteiger partial charge in [0.2, 0.25) is 0 Å². The average Bonchev–Trinajstić information content (AvgIpc) is 3.06. The second-order valence-electron chi connectivity index (χ2n) is 10.5. The maximum atomic E-state index is 13.3. The summed E-state index contributed by atoms with van der Waals surface area (Å²) in [5, 5.41) is 8.79. The van der Waals surface area contributed by atoms with E-state index in [2.05, 4.69) is 27.3 Å². The average molecular weight is 561 g/mol. The highest BCUT2D eigenvalue weighted by atomic mass is 32.2. The highest BCUT2D eigenvalue weighted by Crippen LogP contribution is 2.35. The number of aryl methyl sites for hydroxylation is 1. The van der Waals surface area contributed by atoms with Gasteiger partial charge in [-0.05, 0) is 44.9 Å². The molecule has 2 aromatic heterocycles. The van der Waals surface area contributed by atoms with Crippen LogP contribution in [-0.4, -0.2) is 72.3 Å². The molecule has 12 heteroatoms. The molecular weight excluding hydrogens is 520 g/mol. The normalized spacial score (nSPS) is 17.5. The van der Waals surface area contributed by atoms with Gasteiger partial charge in [0, 0.05) is 43.9 Å². The molecule has 0 unspecified atom stereocenters. The van der Waals surface area contributed by atoms with E-state index in [1.54, 1.807) is 11.8 Å². The standard InChI is InChI=1S/C26H36N6O2.CH4O3S/c1-27-18-12-14-32(15-13-18)19-10-11-20(21(16-19)34-3)24-28-25-22(26(33)29-24)23(30-31(25)2)17-8-6-4-5-7-9-17;1-5(2,3)4/h10-11,16-18,27H,4-9,12-15H2,1-3H3,(H,28,29,33);1H3,(H,2,3,4). The first kappa shape index (κ1) is 29.0. The summed E-state index contributed by atoms with van der Waals surface area (Å²) >= 11 is 0. The predicted octanol–water partition coefficient (Wildman–Crippen LogP) is 3.46. The van der Waals surface area contributed by atoms with Gasteiger partial charge in [0.25, 0.3) is 15.7 Å². The molecule has 2 fully saturated rings. The zero-order valence-electron chi connectivity index (χ0n) is 23.2. The number of piperidine rings is 1. The van der Waals surface area contributed by atoms with E-state index in [0.717, 1.165) is 55.7 Å². The largest absolute Gasteiger partial charge is 0.496 e. The van der Waals surface area contributed by atoms with Gasteiger partial charge in [-0.3, -0.25) is 9.35 Å². The second-order valence-corrected chi connectivity index (χ2v) is 11.9. The summed E-state index contributed by atoms with van der Waals surface area (Å²) < 4.78 is 33.4. The van der Waals surface area contributed by atoms with E-state index in [0.29, 0.717) is 40.8 Å². The van der Waals surface area contributed by atoms with Crippen molar-refractivity contribution in [1.29, 1.82) is 0 Å². The first-order chi connectivity index (χ1) is 18.6. The summed E-state index contributed by atoms with van der Waals surface area (Å²) in [7, 11) is 1.92. The van der Waals surface area contributed by atoms with Crippen molar-refractivity contribution in [2.75, 3.05) is 38.4 Å². The van der Waals surface area contributed by atoms with Crippen LogP contribution >= 0.6 is 0 Å². The van der Waals surface area contributed by atoms with Gasteiger partial charge in [0.05, 0.1) is 24.6 Å². The third kappa shape index (κ3) is 7.17. The lowest BCUT2D eigenvalue weighted by molar-refractivity contribution is 0.415. The minimum atomic E-state index is -3.67. The van der Waals surface area contributed by atoms with E-state index < -0.39 is 10.1 Å². The molecule has 0 amide bonds. The van der Waals surface area contributed by atoms with Crippen LogP contribution in [0.4, 0.5) is 5.69 Å². The van der Waals surface area contributed by atoms with Gasteiger partial charge >= 0.3 is 0 Å². The van der Waals surface area contributed by atoms with Gasteiger partial charge < -0.3 is 19.9 Å². The number of nitrogens with one attached hydrogen (secondary N) is 2. The molecule has 1 saturated carbocycles. The Kier molecular flexibility index (Phi) is 9.29. The Labute approximate surface area is 229 Å². The van der Waals surface area contributed by atoms with Crippen molar-refractivity contribution in [3.05, 3.63) is 34.2 Å². The number of rotatable bonds is 5. The van der Waals surface area contributed by atoms with E-state index in [1.165, 1.54) is 25.7 Å². The third-order valence-corrected chi connectivity index (χ3v) is 7.67. The number of H-pyrrole nitrogens is 1. The van der Waals surface area contributed by atoms with Crippen LogP contribution < -0.4 is 20.5 Å². The van der Waals surface area contributed by atoms with Crippen LogP contribution in [0.1, 0.15) is 63.0 Å². The summed E-state index contributed by atoms with van der Waals surface area (Å²) in [6.07, 6.45) is 10.1. The lowest BCUT2D eigenvalue weighted by Gasteiger charge is -2.33. The minimum Gasteiger partial charge on any atom is -0.496 e. The Morgan fingerprint density at radius 1 is 1.10 bits per heavy atom. The Balaban J connectivity index is 0.000000648. The summed E-state index contributed by atoms with van der Waals surface area (Å²) in [6, 6.07) is 6.74. The van der Waals surface area contributed by atoms with E-state index in [9.17, 15) is 13.2 Å². The number of ether oxygens (including phenoxy) is 1. The molecule has 1 aromatic carbocycles. The molecule has 3 N–H and O–H groups in total. The number of aromatic amines is 1. The maximum Gasteiger partial charge on any atom is 0.262 e. The predicted molar refractivity (Wildman–Crippen MR) is 153 cm³/mol. The summed E-state index contributed by atoms with van der Waals surface area (Å²) in [5.74, 6) is 1.56. The van der Waals surface area contributed by atoms with Crippen molar-refractivity contribution in [2.24, 2.45) is 7.05 Å². The summed E-state index contributed by atoms with van der Waals surface area (Å²) in [6.45, 7) is 2.02. The molecule has 2 aliphatic rings. The van der Waals surface area contributed by atoms with Crippen LogP contribution in [-0.2, 0) is 17.2 Å². The first-order valence-corrected chi connectivity index (χ1v) is 15.4. The fourth-order valence-corrected chi connectivity index (χ4v) is 5.65. The molecule has 1 aliphatic carbocycles. The molecular formula is C27H40N6O5S. The Morgan fingerprint density at radius 2 is 1.74 bits per heavy atom. The molecule has 3 aromatic rings. The van der Waals surface area contributed by atoms with Gasteiger partial charge in [0.15, 0.2) is 5.65 Å². The van der Waals surface area contributed by atoms with Gasteiger partial charge in [-0.25, -0.2) is 9.67 Å². The number of anilines is 1. The van der Waals surface area contributed by atoms with Gasteiger partial charge in [-0.2, -0.15) is 13.5 Å². The lowest BCUT2D eigenvalue weighted by Crippen LogP contribution is -2.41. The van der Waals surface area contributed by atoms with Crippen LogP contribution in [0.3, 0.4) is 0 Å². The van der Waals surface area contributed by atoms with Crippen LogP contribution in [0.5, 0.6) is 5.75 Å². The highest BCUT2D eigenvalue weighted by Gasteiger charge is 2.25. The van der Waals surface area contributed by atoms with Crippen molar-refractivity contribution in [3.63, 3.8) is 0 Å². The molecule has 0 atom stereocenters. The number of aromatic nitrogens is 4. The third-order valence-electron chi connectivity index (χ3n) is 7.67. The number of hydrogen-bond donors (Lipinski definition) is 3. The minimum absolute atomic E-state index is 0.118. The highest BCUT2D eigenvalue weighted by molar-refractivity contribution is 7.85. The fraction of sp³-hybridized carbons (Fsp3) is 0.593. The van der Waals surface area contributed by atoms with Crippen molar-refractivity contribution in [2.45, 2.75) is 63.3 Å². The number of methoxy groups -OCH3 is 1. The van der Waals surface area contributed by atoms with Crippen LogP contribution in [0.25, 0.3) is 22.4 Å². The first-order valence-electron chi connectivity index (χ1n) is 13.6. The smallest absolute Gasteiger partial charge is 0.262 e. The van der Waals surface area contributed by atoms with E-state index >= 15 is 0 Å². The number of benzene rings is 1. The number of nitrogens with zero attached hydrogens (tertiary/aromatic N) is 4. The zero-order valence-corrected chi connectivity index (χ0v) is 24.1. The quantitative estimate of drug-likeness (QED) is 0.316. The fourth-order valence-electron chi connectivity index (χ4n) is 5.65. The molecule has 0 bridgehead atoms. The van der Waals surface area contributed by atoms with Crippen LogP contribution in [0, 0.1) is 0 Å². The molecule has 0 spiro atoms. The Hall–Kier alpha value is -2.96. The molecule has 214 valence electrons. The van der Waals surface area contributed by atoms with Crippen LogP contribution in [0.2, 0.25) is 0 Å². The van der Waals surface area contributed by atoms with E-state index in [4.69, 9.17) is 19.4 Å². The van der Waals surface area contributed by atoms with E-state index in [-0.39, 0.29) is 5.56 Å². The Bertz CT molecular complexity index is 1430. The Morgan fingerprint density at radius 3 is 2.33 bits per heavy atom. The number of hydrogen-bond acceptors (Lipinski definition) is 8. The van der Waals surface area contributed by atoms with Crippen molar-refractivity contribution in [1.82, 2.24) is 25.1 Å². The van der Waals surface area contributed by atoms with Crippen molar-refractivity contribution in [3.8, 4) is 17.1 Å². The van der Waals surface area contributed by atoms with E-state index in [1.807, 2.05) is 20.2 Å². The monoisotopic (exact) mass is 560 g/mol. The SMILES string of the molecule is CNC1CCN(c2ccc(-c3nc4c(c(C5CCCCCC5)nn4C)c(=O)[nH]3)c(OC)c2)CC1.CS(=O)(=O)O. The van der Waals surface area contributed by atoms with Gasteiger partial charge in [0.1, 0.15) is 17.0 Å². The molecule has 1 saturated heterocycles. The topological polar surface area (TPSA) is 142 Å². The number of fused-ring (bicyclic) bond motifs is 1. The second kappa shape index (κ2) is 12.5. The summed E-state index contributed by atoms with van der Waals surface area (Å²) in [4.78, 5) is 23.6. The van der Waals surface area contributed by atoms with Gasteiger partial charge in [-0.15, -0.1) is 0 Å². The molecule has 39 heavy (non-hydrogen) atoms. The molecule has 5 rings (SSSR count). The lowest BCUT2D eigenvalue weighted by atomic mass is 9.95. The zero-order chi connectivity index (χ0) is 28.2. The molecule has 0 radical (unpaired) electrons. The molecule has 3 heterocycles. The molecule has 1 aliphatic heterocycles. The molecule has 11 nitrogen and oxygen atoms in total. The van der Waals surface area contributed by atoms with Gasteiger partial charge in [-0.1, -0.05) is 25.7 Å². The maximum absolute atomic E-state index is 13.3. The van der Waals surface area contributed by atoms with Crippen molar-refractivity contribution < 1.29 is 17.7 Å². The summed E-state index contributed by atoms with van der Waals surface area (Å²) in [5.41, 5.74) is 3.35. The van der Waals surface area contributed by atoms with Crippen LogP contribution in [0.15, 0.2) is 23.0 Å².